The molecule has 4 rings (SSSR count). The van der Waals surface area contributed by atoms with E-state index in [2.05, 4.69) is 14.5 Å². The molecule has 1 aromatic carbocycles. The summed E-state index contributed by atoms with van der Waals surface area (Å²) in [5, 5.41) is 0.589. The number of hydrogen-bond acceptors (Lipinski definition) is 3. The Morgan fingerprint density at radius 1 is 1.08 bits per heavy atom. The molecular formula is C18H15ClN4O. The van der Waals surface area contributed by atoms with Crippen LogP contribution in [0.15, 0.2) is 61.2 Å². The molecule has 120 valence electrons. The van der Waals surface area contributed by atoms with Crippen molar-refractivity contribution in [3.63, 3.8) is 0 Å². The number of benzene rings is 1. The van der Waals surface area contributed by atoms with Crippen LogP contribution in [0.1, 0.15) is 12.5 Å². The molecule has 1 atom stereocenters. The number of para-hydroxylation sites is 1. The zero-order valence-electron chi connectivity index (χ0n) is 12.8. The van der Waals surface area contributed by atoms with Crippen LogP contribution < -0.4 is 4.90 Å². The van der Waals surface area contributed by atoms with Gasteiger partial charge in [0.25, 0.3) is 0 Å². The first kappa shape index (κ1) is 14.9. The average molecular weight is 339 g/mol. The minimum Gasteiger partial charge on any atom is -0.326 e. The fraction of sp³-hybridized carbons (Fsp3) is 0.167. The van der Waals surface area contributed by atoms with E-state index >= 15 is 0 Å². The minimum atomic E-state index is 0.0273. The van der Waals surface area contributed by atoms with E-state index in [0.29, 0.717) is 18.0 Å². The highest BCUT2D eigenvalue weighted by Gasteiger charge is 2.33. The van der Waals surface area contributed by atoms with Crippen LogP contribution in [0.25, 0.3) is 11.4 Å². The topological polar surface area (TPSA) is 51.0 Å². The van der Waals surface area contributed by atoms with Crippen molar-refractivity contribution >= 4 is 23.2 Å². The van der Waals surface area contributed by atoms with Crippen molar-refractivity contribution < 1.29 is 4.79 Å². The molecule has 3 aromatic rings. The Balaban J connectivity index is 1.65. The molecule has 1 saturated heterocycles. The number of rotatable bonds is 3. The molecule has 24 heavy (non-hydrogen) atoms. The molecule has 0 aliphatic carbocycles. The van der Waals surface area contributed by atoms with Crippen LogP contribution in [-0.2, 0) is 4.79 Å². The van der Waals surface area contributed by atoms with Gasteiger partial charge in [-0.25, -0.2) is 4.98 Å². The zero-order valence-corrected chi connectivity index (χ0v) is 13.6. The van der Waals surface area contributed by atoms with Crippen molar-refractivity contribution in [3.8, 4) is 11.4 Å². The lowest BCUT2D eigenvalue weighted by molar-refractivity contribution is -0.117. The van der Waals surface area contributed by atoms with E-state index in [1.165, 1.54) is 0 Å². The molecule has 0 spiro atoms. The Morgan fingerprint density at radius 3 is 2.67 bits per heavy atom. The maximum Gasteiger partial charge on any atom is 0.229 e. The van der Waals surface area contributed by atoms with Crippen LogP contribution in [-0.4, -0.2) is 27.0 Å². The second-order valence-electron chi connectivity index (χ2n) is 5.71. The van der Waals surface area contributed by atoms with Crippen molar-refractivity contribution in [3.05, 3.63) is 66.2 Å². The molecular weight excluding hydrogens is 324 g/mol. The van der Waals surface area contributed by atoms with E-state index in [9.17, 15) is 4.79 Å². The van der Waals surface area contributed by atoms with Gasteiger partial charge in [-0.15, -0.1) is 0 Å². The lowest BCUT2D eigenvalue weighted by Gasteiger charge is -2.19. The Bertz CT molecular complexity index is 877. The predicted molar refractivity (Wildman–Crippen MR) is 92.9 cm³/mol. The van der Waals surface area contributed by atoms with Gasteiger partial charge in [0.2, 0.25) is 5.91 Å². The minimum absolute atomic E-state index is 0.0273. The van der Waals surface area contributed by atoms with Crippen LogP contribution in [0.3, 0.4) is 0 Å². The van der Waals surface area contributed by atoms with Crippen LogP contribution in [0.5, 0.6) is 0 Å². The van der Waals surface area contributed by atoms with Gasteiger partial charge in [0, 0.05) is 43.3 Å². The summed E-state index contributed by atoms with van der Waals surface area (Å²) in [5.74, 6) is 0.915. The van der Waals surface area contributed by atoms with Crippen molar-refractivity contribution in [1.82, 2.24) is 14.5 Å². The Kier molecular flexibility index (Phi) is 3.78. The average Bonchev–Trinajstić information content (AvgIpc) is 3.23. The maximum absolute atomic E-state index is 12.5. The Morgan fingerprint density at radius 2 is 1.88 bits per heavy atom. The number of amides is 1. The second-order valence-corrected chi connectivity index (χ2v) is 6.11. The maximum atomic E-state index is 12.5. The fourth-order valence-electron chi connectivity index (χ4n) is 3.11. The molecule has 0 N–H and O–H groups in total. The number of imidazole rings is 1. The molecule has 1 aliphatic rings. The summed E-state index contributed by atoms with van der Waals surface area (Å²) in [7, 11) is 0. The van der Waals surface area contributed by atoms with Gasteiger partial charge in [-0.2, -0.15) is 0 Å². The van der Waals surface area contributed by atoms with Crippen molar-refractivity contribution in [2.75, 3.05) is 11.4 Å². The summed E-state index contributed by atoms with van der Waals surface area (Å²) in [5.41, 5.74) is 1.75. The molecule has 1 aliphatic heterocycles. The van der Waals surface area contributed by atoms with Gasteiger partial charge in [-0.3, -0.25) is 9.78 Å². The molecule has 1 fully saturated rings. The molecule has 0 saturated carbocycles. The van der Waals surface area contributed by atoms with Crippen LogP contribution in [0.4, 0.5) is 5.69 Å². The predicted octanol–water partition coefficient (Wildman–Crippen LogP) is 3.58. The van der Waals surface area contributed by atoms with Gasteiger partial charge in [-0.1, -0.05) is 23.7 Å². The molecule has 3 heterocycles. The van der Waals surface area contributed by atoms with E-state index in [0.717, 1.165) is 17.1 Å². The zero-order chi connectivity index (χ0) is 16.5. The third-order valence-corrected chi connectivity index (χ3v) is 4.57. The molecule has 6 heteroatoms. The van der Waals surface area contributed by atoms with E-state index in [1.807, 2.05) is 36.5 Å². The number of anilines is 1. The van der Waals surface area contributed by atoms with E-state index in [4.69, 9.17) is 11.6 Å². The quantitative estimate of drug-likeness (QED) is 0.733. The number of pyridine rings is 1. The number of nitrogens with zero attached hydrogens (tertiary/aromatic N) is 4. The van der Waals surface area contributed by atoms with Gasteiger partial charge >= 0.3 is 0 Å². The summed E-state index contributed by atoms with van der Waals surface area (Å²) >= 11 is 6.25. The highest BCUT2D eigenvalue weighted by Crippen LogP contribution is 2.34. The summed E-state index contributed by atoms with van der Waals surface area (Å²) in [6.07, 6.45) is 7.59. The molecule has 5 nitrogen and oxygen atoms in total. The number of carbonyl (C=O) groups is 1. The number of carbonyl (C=O) groups excluding carboxylic acids is 1. The summed E-state index contributed by atoms with van der Waals surface area (Å²) in [4.78, 5) is 22.7. The highest BCUT2D eigenvalue weighted by atomic mass is 35.5. The van der Waals surface area contributed by atoms with Gasteiger partial charge in [0.1, 0.15) is 5.82 Å². The first-order valence-electron chi connectivity index (χ1n) is 7.72. The third kappa shape index (κ3) is 2.57. The van der Waals surface area contributed by atoms with Crippen LogP contribution >= 0.6 is 11.6 Å². The normalized spacial score (nSPS) is 17.5. The Labute approximate surface area is 144 Å². The third-order valence-electron chi connectivity index (χ3n) is 4.25. The molecule has 0 radical (unpaired) electrons. The fourth-order valence-corrected chi connectivity index (χ4v) is 3.35. The van der Waals surface area contributed by atoms with Crippen LogP contribution in [0, 0.1) is 0 Å². The lowest BCUT2D eigenvalue weighted by Crippen LogP contribution is -2.25. The van der Waals surface area contributed by atoms with E-state index in [1.54, 1.807) is 29.6 Å². The SMILES string of the molecule is O=C1CC(n2ccnc2-c2ccncc2)CN1c1ccccc1Cl. The second kappa shape index (κ2) is 6.09. The molecule has 1 unspecified atom stereocenters. The van der Waals surface area contributed by atoms with Gasteiger partial charge in [-0.05, 0) is 24.3 Å². The molecule has 2 aromatic heterocycles. The first-order chi connectivity index (χ1) is 11.7. The van der Waals surface area contributed by atoms with Crippen molar-refractivity contribution in [2.24, 2.45) is 0 Å². The summed E-state index contributed by atoms with van der Waals surface area (Å²) in [6, 6.07) is 11.3. The monoisotopic (exact) mass is 338 g/mol. The van der Waals surface area contributed by atoms with E-state index < -0.39 is 0 Å². The smallest absolute Gasteiger partial charge is 0.229 e. The standard InChI is InChI=1S/C18H15ClN4O/c19-15-3-1-2-4-16(15)23-12-14(11-17(23)24)22-10-9-21-18(22)13-5-7-20-8-6-13/h1-10,14H,11-12H2. The molecule has 0 bridgehead atoms. The van der Waals surface area contributed by atoms with Gasteiger partial charge < -0.3 is 9.47 Å². The number of hydrogen-bond donors (Lipinski definition) is 0. The van der Waals surface area contributed by atoms with Crippen molar-refractivity contribution in [2.45, 2.75) is 12.5 Å². The van der Waals surface area contributed by atoms with Crippen molar-refractivity contribution in [1.29, 1.82) is 0 Å². The summed E-state index contributed by atoms with van der Waals surface area (Å²) in [6.45, 7) is 0.580. The van der Waals surface area contributed by atoms with Crippen LogP contribution in [0.2, 0.25) is 5.02 Å². The van der Waals surface area contributed by atoms with Gasteiger partial charge in [0.15, 0.2) is 0 Å². The Hall–Kier alpha value is -2.66. The van der Waals surface area contributed by atoms with E-state index in [-0.39, 0.29) is 11.9 Å². The largest absolute Gasteiger partial charge is 0.326 e. The molecule has 1 amide bonds. The summed E-state index contributed by atoms with van der Waals surface area (Å²) < 4.78 is 2.06. The lowest BCUT2D eigenvalue weighted by atomic mass is 10.2. The number of halogens is 1. The first-order valence-corrected chi connectivity index (χ1v) is 8.10. The van der Waals surface area contributed by atoms with Gasteiger partial charge in [0.05, 0.1) is 16.8 Å². The highest BCUT2D eigenvalue weighted by molar-refractivity contribution is 6.33. The number of aromatic nitrogens is 3.